The summed E-state index contributed by atoms with van der Waals surface area (Å²) in [5.74, 6) is 8.28. The van der Waals surface area contributed by atoms with Crippen molar-refractivity contribution in [2.24, 2.45) is 5.92 Å². The molecule has 13 heteroatoms. The predicted molar refractivity (Wildman–Crippen MR) is 545 cm³/mol. The molecule has 18 aromatic carbocycles. The number of aromatic nitrogens is 4. The van der Waals surface area contributed by atoms with Crippen LogP contribution in [0.15, 0.2) is 418 Å². The molecular weight excluding hydrogens is 1660 g/mol. The first-order chi connectivity index (χ1) is 66.6. The fraction of sp³-hybridized carbons (Fsp3) is 0.0492. The van der Waals surface area contributed by atoms with Crippen molar-refractivity contribution in [1.29, 1.82) is 0 Å². The van der Waals surface area contributed by atoms with Gasteiger partial charge in [-0.2, -0.15) is 0 Å². The van der Waals surface area contributed by atoms with E-state index in [2.05, 4.69) is 417 Å². The lowest BCUT2D eigenvalue weighted by Crippen LogP contribution is -2.57. The summed E-state index contributed by atoms with van der Waals surface area (Å²) in [4.78, 5) is 7.00. The Morgan fingerprint density at radius 3 is 1.08 bits per heavy atom. The van der Waals surface area contributed by atoms with Crippen LogP contribution in [-0.4, -0.2) is 29.9 Å². The van der Waals surface area contributed by atoms with E-state index in [0.29, 0.717) is 40.4 Å². The van der Waals surface area contributed by atoms with E-state index >= 15 is 0 Å². The van der Waals surface area contributed by atoms with Gasteiger partial charge in [0.25, 0.3) is 0 Å². The maximum absolute atomic E-state index is 7.45. The molecule has 10 heterocycles. The van der Waals surface area contributed by atoms with E-state index in [-0.39, 0.29) is 6.04 Å². The van der Waals surface area contributed by atoms with Crippen LogP contribution in [0.3, 0.4) is 0 Å². The molecule has 8 aliphatic rings. The van der Waals surface area contributed by atoms with Crippen LogP contribution in [0, 0.1) is 5.92 Å². The highest BCUT2D eigenvalue weighted by Gasteiger charge is 2.50. The minimum Gasteiger partial charge on any atom is -0.479 e. The standard InChI is InChI=1S/C122H77N7O6/c1-71-35-56-109-106(58-71)129-118-34-18-19-57-122(118,2)135-117-68-81(67-114(132-109)121(117)129)79-45-55-105-111(64-79)134-116-70-85(69-115-120(116)128(105)104-54-44-78(63-110(104)133-115)80-65-112-119-113(66-80)131-108-33-17-15-31-103(108)127(119)102-30-14-16-32-107(102)130-112)126-97-29-13-9-25-89(97)93-62-77(43-53-101(93)126)76-42-52-100-92(61-76)88-24-8-12-28-96(88)125(100)84-48-38-73(39-49-84)72-36-46-83(47-37-72)124-95-27-11-7-23-87(95)91-60-75(41-51-99(91)124)74-40-50-98-90(59-74)86-22-6-10-26-94(86)123(98)82-20-4-3-5-21-82/h3-34,36-71,118H,35H2,1-2H3. The van der Waals surface area contributed by atoms with Crippen LogP contribution in [0.5, 0.6) is 57.5 Å². The maximum Gasteiger partial charge on any atom is 0.157 e. The molecule has 0 fully saturated rings. The SMILES string of the molecule is CC1C=C2C(=CC1)Oc1cc(-c3ccc4c(c3)Oc3cc(-n5c6ccccc6c6cc(-c7ccc8c(c7)c7ccccc7n8-c7ccc(-c8ccc(-n9c%10ccccc%10c%10cc(-c%11ccc%12c(c%11)c%11ccccc%11n%12-c%11ccccc%11)ccc%109)cc8)cc7)ccc65)cc5c3N4c3ccc(-c4cc6c7c(c4)Oc4ccccc4N7c4ccccc4O6)cc3O5)cc3c1N2C1C=CC=CC1(C)O3. The minimum atomic E-state index is -0.643. The van der Waals surface area contributed by atoms with Crippen LogP contribution in [0.25, 0.3) is 166 Å². The summed E-state index contributed by atoms with van der Waals surface area (Å²) in [6.45, 7) is 4.45. The Kier molecular flexibility index (Phi) is 15.2. The van der Waals surface area contributed by atoms with Crippen LogP contribution in [0.1, 0.15) is 20.3 Å². The summed E-state index contributed by atoms with van der Waals surface area (Å²) in [5.41, 5.74) is 30.6. The summed E-state index contributed by atoms with van der Waals surface area (Å²) in [6.07, 6.45) is 14.1. The topological polar surface area (TPSA) is 84.8 Å². The van der Waals surface area contributed by atoms with Gasteiger partial charge in [0.15, 0.2) is 51.7 Å². The Bertz CT molecular complexity index is 9110. The average molecular weight is 1740 g/mol. The van der Waals surface area contributed by atoms with Gasteiger partial charge >= 0.3 is 0 Å². The van der Waals surface area contributed by atoms with E-state index in [1.807, 2.05) is 36.4 Å². The van der Waals surface area contributed by atoms with Crippen LogP contribution in [0.4, 0.5) is 39.8 Å². The largest absolute Gasteiger partial charge is 0.479 e. The Labute approximate surface area is 775 Å². The molecule has 135 heavy (non-hydrogen) atoms. The van der Waals surface area contributed by atoms with E-state index in [9.17, 15) is 0 Å². The second kappa shape index (κ2) is 27.7. The van der Waals surface area contributed by atoms with Gasteiger partial charge in [-0.25, -0.2) is 0 Å². The van der Waals surface area contributed by atoms with Crippen molar-refractivity contribution >= 4 is 127 Å². The Hall–Kier alpha value is -17.7. The molecule has 0 saturated heterocycles. The summed E-state index contributed by atoms with van der Waals surface area (Å²) < 4.78 is 52.2. The second-order valence-corrected chi connectivity index (χ2v) is 36.9. The number of hydrogen-bond acceptors (Lipinski definition) is 9. The molecule has 0 N–H and O–H groups in total. The number of rotatable bonds is 9. The summed E-state index contributed by atoms with van der Waals surface area (Å²) in [7, 11) is 0. The Morgan fingerprint density at radius 1 is 0.267 bits per heavy atom. The first-order valence-electron chi connectivity index (χ1n) is 46.3. The molecule has 0 amide bonds. The molecule has 0 spiro atoms. The number of hydrogen-bond donors (Lipinski definition) is 0. The fourth-order valence-electron chi connectivity index (χ4n) is 22.9. The Balaban J connectivity index is 0.494. The molecule has 0 saturated carbocycles. The number of para-hydroxylation sites is 9. The van der Waals surface area contributed by atoms with Gasteiger partial charge in [-0.05, 0) is 269 Å². The third kappa shape index (κ3) is 10.8. The number of benzene rings is 18. The molecule has 22 aromatic rings. The number of ether oxygens (including phenoxy) is 6. The number of nitrogens with zero attached hydrogens (tertiary/aromatic N) is 7. The van der Waals surface area contributed by atoms with Gasteiger partial charge in [-0.1, -0.05) is 207 Å². The highest BCUT2D eigenvalue weighted by molar-refractivity contribution is 6.16. The highest BCUT2D eigenvalue weighted by Crippen LogP contribution is 2.65. The lowest BCUT2D eigenvalue weighted by molar-refractivity contribution is 0.108. The summed E-state index contributed by atoms with van der Waals surface area (Å²) >= 11 is 0. The van der Waals surface area contributed by atoms with E-state index in [1.54, 1.807) is 0 Å². The average Bonchev–Trinajstić information content (AvgIpc) is 1.70. The number of allylic oxidation sites excluding steroid dienone is 4. The molecule has 3 unspecified atom stereocenters. The smallest absolute Gasteiger partial charge is 0.157 e. The van der Waals surface area contributed by atoms with Crippen LogP contribution in [-0.2, 0) is 0 Å². The van der Waals surface area contributed by atoms with Gasteiger partial charge < -0.3 is 51.6 Å². The lowest BCUT2D eigenvalue weighted by atomic mass is 9.85. The van der Waals surface area contributed by atoms with Crippen molar-refractivity contribution in [1.82, 2.24) is 18.3 Å². The molecule has 2 aliphatic carbocycles. The van der Waals surface area contributed by atoms with Crippen molar-refractivity contribution in [2.45, 2.75) is 31.9 Å². The Morgan fingerprint density at radius 2 is 0.615 bits per heavy atom. The van der Waals surface area contributed by atoms with E-state index in [0.717, 1.165) is 181 Å². The monoisotopic (exact) mass is 1740 g/mol. The highest BCUT2D eigenvalue weighted by atomic mass is 16.5. The first-order valence-corrected chi connectivity index (χ1v) is 46.3. The molecular formula is C122H77N7O6. The molecule has 4 aromatic heterocycles. The van der Waals surface area contributed by atoms with Crippen LogP contribution < -0.4 is 43.1 Å². The molecule has 0 bridgehead atoms. The summed E-state index contributed by atoms with van der Waals surface area (Å²) in [6, 6.07) is 134. The first kappa shape index (κ1) is 74.1. The third-order valence-electron chi connectivity index (χ3n) is 29.0. The van der Waals surface area contributed by atoms with Gasteiger partial charge in [0.05, 0.1) is 84.3 Å². The molecule has 636 valence electrons. The van der Waals surface area contributed by atoms with Crippen molar-refractivity contribution in [2.75, 3.05) is 14.7 Å². The minimum absolute atomic E-state index is 0.0751. The molecule has 13 nitrogen and oxygen atoms in total. The zero-order chi connectivity index (χ0) is 88.3. The molecule has 0 radical (unpaired) electrons. The zero-order valence-electron chi connectivity index (χ0n) is 73.1. The molecule has 3 atom stereocenters. The van der Waals surface area contributed by atoms with E-state index in [1.165, 1.54) is 65.5 Å². The van der Waals surface area contributed by atoms with Gasteiger partial charge in [-0.3, -0.25) is 9.80 Å². The van der Waals surface area contributed by atoms with E-state index < -0.39 is 5.60 Å². The van der Waals surface area contributed by atoms with Crippen LogP contribution in [0.2, 0.25) is 0 Å². The fourth-order valence-corrected chi connectivity index (χ4v) is 22.9. The van der Waals surface area contributed by atoms with Gasteiger partial charge in [0.1, 0.15) is 34.2 Å². The number of fused-ring (bicyclic) bond motifs is 24. The second-order valence-electron chi connectivity index (χ2n) is 36.9. The third-order valence-corrected chi connectivity index (χ3v) is 29.0. The van der Waals surface area contributed by atoms with E-state index in [4.69, 9.17) is 28.4 Å². The predicted octanol–water partition coefficient (Wildman–Crippen LogP) is 32.4. The van der Waals surface area contributed by atoms with Crippen molar-refractivity contribution in [3.05, 3.63) is 418 Å². The molecule has 30 rings (SSSR count). The van der Waals surface area contributed by atoms with Crippen LogP contribution >= 0.6 is 0 Å². The van der Waals surface area contributed by atoms with Gasteiger partial charge in [-0.15, -0.1) is 0 Å². The number of anilines is 7. The van der Waals surface area contributed by atoms with Gasteiger partial charge in [0, 0.05) is 72.3 Å². The van der Waals surface area contributed by atoms with Crippen molar-refractivity contribution in [3.8, 4) is 136 Å². The normalized spacial score (nSPS) is 16.4. The lowest BCUT2D eigenvalue weighted by Gasteiger charge is -2.51. The zero-order valence-corrected chi connectivity index (χ0v) is 73.1. The van der Waals surface area contributed by atoms with Crippen molar-refractivity contribution < 1.29 is 28.4 Å². The van der Waals surface area contributed by atoms with Gasteiger partial charge in [0.2, 0.25) is 0 Å². The molecule has 6 aliphatic heterocycles. The van der Waals surface area contributed by atoms with Crippen molar-refractivity contribution in [3.63, 3.8) is 0 Å². The quantitative estimate of drug-likeness (QED) is 0.140. The maximum atomic E-state index is 7.45. The summed E-state index contributed by atoms with van der Waals surface area (Å²) in [5, 5.41) is 9.53.